The Kier molecular flexibility index (Phi) is 6.02. The Morgan fingerprint density at radius 3 is 2.59 bits per heavy atom. The summed E-state index contributed by atoms with van der Waals surface area (Å²) in [5.74, 6) is -0.367. The number of carboxylic acids is 1. The van der Waals surface area contributed by atoms with E-state index in [1.165, 1.54) is 0 Å². The van der Waals surface area contributed by atoms with Crippen molar-refractivity contribution in [3.05, 3.63) is 22.9 Å². The lowest BCUT2D eigenvalue weighted by molar-refractivity contribution is -0.132. The number of nitrogens with zero attached hydrogens (tertiary/aromatic N) is 2. The van der Waals surface area contributed by atoms with Crippen molar-refractivity contribution in [2.24, 2.45) is 11.3 Å². The number of carboxylic acid groups (broad SMARTS) is 1. The Balaban J connectivity index is 1.92. The predicted molar refractivity (Wildman–Crippen MR) is 107 cm³/mol. The third kappa shape index (κ3) is 4.75. The van der Waals surface area contributed by atoms with Gasteiger partial charge >= 0.3 is 5.97 Å². The summed E-state index contributed by atoms with van der Waals surface area (Å²) in [7, 11) is 0. The Morgan fingerprint density at radius 1 is 1.33 bits per heavy atom. The van der Waals surface area contributed by atoms with Crippen molar-refractivity contribution in [2.45, 2.75) is 72.5 Å². The highest BCUT2D eigenvalue weighted by Gasteiger charge is 2.42. The number of carbonyl (C=O) groups is 1. The van der Waals surface area contributed by atoms with Gasteiger partial charge in [-0.3, -0.25) is 4.90 Å². The summed E-state index contributed by atoms with van der Waals surface area (Å²) < 4.78 is 5.65. The molecule has 1 unspecified atom stereocenters. The largest absolute Gasteiger partial charge is 0.478 e. The van der Waals surface area contributed by atoms with Gasteiger partial charge in [-0.15, -0.1) is 0 Å². The molecule has 1 aliphatic carbocycles. The minimum atomic E-state index is -0.778. The summed E-state index contributed by atoms with van der Waals surface area (Å²) in [5.41, 5.74) is 2.84. The summed E-state index contributed by atoms with van der Waals surface area (Å²) in [6, 6.07) is 0.338. The average molecular weight is 377 g/mol. The SMILES string of the molecule is CC1=CC(N2CCOC[C@H]2C)N(CCCC(C)(C)C)C(C2CC2)=C1C(=O)O. The Labute approximate surface area is 164 Å². The molecule has 2 aliphatic heterocycles. The molecule has 152 valence electrons. The fourth-order valence-electron chi connectivity index (χ4n) is 4.40. The average Bonchev–Trinajstić information content (AvgIpc) is 3.39. The predicted octanol–water partition coefficient (Wildman–Crippen LogP) is 3.87. The first-order valence-electron chi connectivity index (χ1n) is 10.5. The van der Waals surface area contributed by atoms with Gasteiger partial charge in [-0.2, -0.15) is 0 Å². The van der Waals surface area contributed by atoms with Gasteiger partial charge in [0.1, 0.15) is 6.17 Å². The molecule has 0 radical (unpaired) electrons. The van der Waals surface area contributed by atoms with Gasteiger partial charge in [0.05, 0.1) is 18.8 Å². The fourth-order valence-corrected chi connectivity index (χ4v) is 4.40. The first-order chi connectivity index (χ1) is 12.7. The molecular formula is C22H36N2O3. The molecule has 27 heavy (non-hydrogen) atoms. The van der Waals surface area contributed by atoms with E-state index in [0.717, 1.165) is 63.3 Å². The van der Waals surface area contributed by atoms with Gasteiger partial charge in [0.25, 0.3) is 0 Å². The van der Waals surface area contributed by atoms with E-state index in [0.29, 0.717) is 22.9 Å². The minimum absolute atomic E-state index is 0.141. The molecule has 5 nitrogen and oxygen atoms in total. The molecule has 3 aliphatic rings. The van der Waals surface area contributed by atoms with Crippen LogP contribution in [0.3, 0.4) is 0 Å². The number of allylic oxidation sites excluding steroid dienone is 1. The fraction of sp³-hybridized carbons (Fsp3) is 0.773. The lowest BCUT2D eigenvalue weighted by Gasteiger charge is -2.47. The number of ether oxygens (including phenoxy) is 1. The van der Waals surface area contributed by atoms with Crippen LogP contribution in [0.2, 0.25) is 0 Å². The van der Waals surface area contributed by atoms with Crippen molar-refractivity contribution in [2.75, 3.05) is 26.3 Å². The van der Waals surface area contributed by atoms with Gasteiger partial charge in [0, 0.05) is 24.8 Å². The van der Waals surface area contributed by atoms with E-state index in [4.69, 9.17) is 4.74 Å². The van der Waals surface area contributed by atoms with Crippen LogP contribution < -0.4 is 0 Å². The maximum atomic E-state index is 12.1. The van der Waals surface area contributed by atoms with Crippen LogP contribution in [0.5, 0.6) is 0 Å². The highest BCUT2D eigenvalue weighted by atomic mass is 16.5. The zero-order chi connectivity index (χ0) is 19.8. The molecule has 2 fully saturated rings. The Morgan fingerprint density at radius 2 is 2.04 bits per heavy atom. The van der Waals surface area contributed by atoms with E-state index in [2.05, 4.69) is 43.6 Å². The zero-order valence-corrected chi connectivity index (χ0v) is 17.6. The lowest BCUT2D eigenvalue weighted by Crippen LogP contribution is -2.56. The van der Waals surface area contributed by atoms with E-state index in [9.17, 15) is 9.90 Å². The highest BCUT2D eigenvalue weighted by molar-refractivity contribution is 5.93. The van der Waals surface area contributed by atoms with Crippen LogP contribution in [0.4, 0.5) is 0 Å². The molecule has 0 aromatic rings. The minimum Gasteiger partial charge on any atom is -0.478 e. The first-order valence-corrected chi connectivity index (χ1v) is 10.5. The number of aliphatic carboxylic acids is 1. The normalized spacial score (nSPS) is 27.7. The maximum absolute atomic E-state index is 12.1. The van der Waals surface area contributed by atoms with Crippen LogP contribution in [0, 0.1) is 11.3 Å². The van der Waals surface area contributed by atoms with Gasteiger partial charge < -0.3 is 14.7 Å². The summed E-state index contributed by atoms with van der Waals surface area (Å²) in [6.45, 7) is 14.3. The number of hydrogen-bond acceptors (Lipinski definition) is 4. The molecule has 1 saturated heterocycles. The summed E-state index contributed by atoms with van der Waals surface area (Å²) in [4.78, 5) is 17.0. The zero-order valence-electron chi connectivity index (χ0n) is 17.6. The Hall–Kier alpha value is -1.33. The standard InChI is InChI=1S/C22H36N2O3/c1-15-13-18(23-11-12-27-14-16(23)2)24(10-6-9-22(3,4)5)20(17-7-8-17)19(15)21(25)26/h13,16-18H,6-12,14H2,1-5H3,(H,25,26)/t16-,18?/m1/s1. The topological polar surface area (TPSA) is 53.0 Å². The van der Waals surface area contributed by atoms with Crippen molar-refractivity contribution in [3.63, 3.8) is 0 Å². The number of hydrogen-bond donors (Lipinski definition) is 1. The number of morpholine rings is 1. The molecule has 0 bridgehead atoms. The van der Waals surface area contributed by atoms with Gasteiger partial charge in [-0.25, -0.2) is 4.79 Å². The van der Waals surface area contributed by atoms with Gasteiger partial charge in [0.15, 0.2) is 0 Å². The van der Waals surface area contributed by atoms with E-state index >= 15 is 0 Å². The summed E-state index contributed by atoms with van der Waals surface area (Å²) in [6.07, 6.45) is 6.75. The molecule has 0 aromatic heterocycles. The second-order valence-corrected chi connectivity index (χ2v) is 9.62. The third-order valence-corrected chi connectivity index (χ3v) is 5.94. The summed E-state index contributed by atoms with van der Waals surface area (Å²) >= 11 is 0. The lowest BCUT2D eigenvalue weighted by atomic mass is 9.89. The number of rotatable bonds is 6. The molecule has 0 aromatic carbocycles. The monoisotopic (exact) mass is 376 g/mol. The molecule has 1 N–H and O–H groups in total. The van der Waals surface area contributed by atoms with Crippen molar-refractivity contribution >= 4 is 5.97 Å². The van der Waals surface area contributed by atoms with E-state index < -0.39 is 5.97 Å². The second kappa shape index (κ2) is 7.96. The van der Waals surface area contributed by atoms with Gasteiger partial charge in [-0.1, -0.05) is 20.8 Å². The first kappa shape index (κ1) is 20.4. The second-order valence-electron chi connectivity index (χ2n) is 9.62. The van der Waals surface area contributed by atoms with E-state index in [-0.39, 0.29) is 6.17 Å². The molecule has 5 heteroatoms. The van der Waals surface area contributed by atoms with Crippen LogP contribution in [0.25, 0.3) is 0 Å². The Bertz CT molecular complexity index is 628. The van der Waals surface area contributed by atoms with Crippen LogP contribution in [0.15, 0.2) is 22.9 Å². The van der Waals surface area contributed by atoms with Crippen molar-refractivity contribution in [1.29, 1.82) is 0 Å². The van der Waals surface area contributed by atoms with Crippen molar-refractivity contribution < 1.29 is 14.6 Å². The molecule has 2 heterocycles. The summed E-state index contributed by atoms with van der Waals surface area (Å²) in [5, 5.41) is 9.92. The molecule has 0 amide bonds. The third-order valence-electron chi connectivity index (χ3n) is 5.94. The molecule has 0 spiro atoms. The molecule has 1 saturated carbocycles. The van der Waals surface area contributed by atoms with Crippen LogP contribution in [0.1, 0.15) is 60.3 Å². The molecule has 3 rings (SSSR count). The van der Waals surface area contributed by atoms with Gasteiger partial charge in [0.2, 0.25) is 0 Å². The van der Waals surface area contributed by atoms with Crippen LogP contribution >= 0.6 is 0 Å². The molecular weight excluding hydrogens is 340 g/mol. The van der Waals surface area contributed by atoms with Gasteiger partial charge in [-0.05, 0) is 62.5 Å². The highest BCUT2D eigenvalue weighted by Crippen LogP contribution is 2.45. The maximum Gasteiger partial charge on any atom is 0.337 e. The quantitative estimate of drug-likeness (QED) is 0.763. The smallest absolute Gasteiger partial charge is 0.337 e. The van der Waals surface area contributed by atoms with Crippen LogP contribution in [-0.4, -0.2) is 59.4 Å². The van der Waals surface area contributed by atoms with Crippen LogP contribution in [-0.2, 0) is 9.53 Å². The molecule has 2 atom stereocenters. The van der Waals surface area contributed by atoms with E-state index in [1.807, 2.05) is 6.92 Å². The van der Waals surface area contributed by atoms with E-state index in [1.54, 1.807) is 0 Å². The van der Waals surface area contributed by atoms with Crippen molar-refractivity contribution in [1.82, 2.24) is 9.80 Å². The van der Waals surface area contributed by atoms with Crippen molar-refractivity contribution in [3.8, 4) is 0 Å².